The lowest BCUT2D eigenvalue weighted by atomic mass is 9.87. The van der Waals surface area contributed by atoms with Crippen molar-refractivity contribution in [3.05, 3.63) is 29.8 Å². The van der Waals surface area contributed by atoms with Crippen molar-refractivity contribution in [2.75, 3.05) is 0 Å². The summed E-state index contributed by atoms with van der Waals surface area (Å²) < 4.78 is 1.36. The predicted octanol–water partition coefficient (Wildman–Crippen LogP) is 2.32. The van der Waals surface area contributed by atoms with Gasteiger partial charge < -0.3 is 4.80 Å². The Kier molecular flexibility index (Phi) is 10.3. The molecular weight excluding hydrogens is 292 g/mol. The summed E-state index contributed by atoms with van der Waals surface area (Å²) in [5.74, 6) is 0. The van der Waals surface area contributed by atoms with Crippen LogP contribution in [0, 0.1) is 0 Å². The van der Waals surface area contributed by atoms with Gasteiger partial charge in [0.25, 0.3) is 0 Å². The molecule has 0 saturated carbocycles. The van der Waals surface area contributed by atoms with Crippen molar-refractivity contribution in [3.63, 3.8) is 0 Å². The van der Waals surface area contributed by atoms with Gasteiger partial charge in [-0.3, -0.25) is 0 Å². The average Bonchev–Trinajstić information content (AvgIpc) is 2.01. The van der Waals surface area contributed by atoms with E-state index in [1.165, 1.54) is 9.26 Å². The monoisotopic (exact) mass is 313 g/mol. The molecule has 0 fully saturated rings. The number of hydrogen-bond acceptors (Lipinski definition) is 1. The Morgan fingerprint density at radius 2 is 1.38 bits per heavy atom. The van der Waals surface area contributed by atoms with Crippen LogP contribution in [-0.4, -0.2) is 35.5 Å². The first-order valence-corrected chi connectivity index (χ1v) is 8.87. The van der Waals surface area contributed by atoms with Crippen molar-refractivity contribution in [3.8, 4) is 0 Å². The zero-order valence-electron chi connectivity index (χ0n) is 10.9. The van der Waals surface area contributed by atoms with Gasteiger partial charge in [-0.15, -0.1) is 17.0 Å². The first-order chi connectivity index (χ1) is 6.73. The van der Waals surface area contributed by atoms with E-state index in [0.29, 0.717) is 0 Å². The zero-order chi connectivity index (χ0) is 12.1. The summed E-state index contributed by atoms with van der Waals surface area (Å²) in [5.41, 5.74) is 1.70. The van der Waals surface area contributed by atoms with E-state index >= 15 is 0 Å². The van der Waals surface area contributed by atoms with Crippen LogP contribution in [0.2, 0.25) is 13.1 Å². The summed E-state index contributed by atoms with van der Waals surface area (Å²) in [6, 6.07) is 8.78. The molecule has 0 aliphatic rings. The molecule has 7 radical (unpaired) electrons. The number of halogens is 1. The summed E-state index contributed by atoms with van der Waals surface area (Å²) in [5, 5.41) is 0. The fourth-order valence-corrected chi connectivity index (χ4v) is 1.24. The number of rotatable bonds is 0. The topological polar surface area (TPSA) is 20.2 Å². The average molecular weight is 315 g/mol. The molecule has 87 valence electrons. The molecular formula is C12H22BrMgOSi+2. The maximum atomic E-state index is 8.19. The van der Waals surface area contributed by atoms with Gasteiger partial charge in [0, 0.05) is 12.1 Å². The molecule has 1 nitrogen and oxygen atoms in total. The Hall–Kier alpha value is 0.643. The van der Waals surface area contributed by atoms with Gasteiger partial charge in [0.15, 0.2) is 9.04 Å². The number of hydrogen-bond donors (Lipinski definition) is 1. The Morgan fingerprint density at radius 1 is 1.06 bits per heavy atom. The molecule has 16 heavy (non-hydrogen) atoms. The fourth-order valence-electron chi connectivity index (χ4n) is 1.00. The Labute approximate surface area is 125 Å². The van der Waals surface area contributed by atoms with Crippen LogP contribution in [0.15, 0.2) is 24.3 Å². The van der Waals surface area contributed by atoms with E-state index in [9.17, 15) is 0 Å². The van der Waals surface area contributed by atoms with Gasteiger partial charge in [-0.2, -0.15) is 0 Å². The maximum Gasteiger partial charge on any atom is 1.47 e. The lowest BCUT2D eigenvalue weighted by Crippen LogP contribution is -2.12. The van der Waals surface area contributed by atoms with Crippen molar-refractivity contribution in [1.82, 2.24) is 0 Å². The minimum absolute atomic E-state index is 0. The van der Waals surface area contributed by atoms with Gasteiger partial charge in [-0.05, 0) is 24.1 Å². The third-order valence-corrected chi connectivity index (χ3v) is 2.29. The van der Waals surface area contributed by atoms with Gasteiger partial charge >= 0.3 is 25.4 Å². The van der Waals surface area contributed by atoms with Crippen molar-refractivity contribution < 1.29 is 4.80 Å². The Morgan fingerprint density at radius 3 is 1.62 bits per heavy atom. The predicted molar refractivity (Wildman–Crippen MR) is 81.9 cm³/mol. The van der Waals surface area contributed by atoms with E-state index in [2.05, 4.69) is 45.0 Å². The van der Waals surface area contributed by atoms with E-state index < -0.39 is 9.04 Å². The van der Waals surface area contributed by atoms with E-state index in [1.807, 2.05) is 34.8 Å². The molecule has 4 heteroatoms. The summed E-state index contributed by atoms with van der Waals surface area (Å²) in [7, 11) is -1.14. The van der Waals surface area contributed by atoms with Crippen molar-refractivity contribution in [2.45, 2.75) is 39.3 Å². The van der Waals surface area contributed by atoms with Crippen molar-refractivity contribution >= 4 is 51.4 Å². The normalized spacial score (nSPS) is 10.2. The highest BCUT2D eigenvalue weighted by Crippen LogP contribution is 2.20. The van der Waals surface area contributed by atoms with Crippen LogP contribution in [0.1, 0.15) is 26.3 Å². The summed E-state index contributed by atoms with van der Waals surface area (Å²) >= 11 is 1.93. The largest absolute Gasteiger partial charge is 1.47 e. The molecule has 0 atom stereocenters. The van der Waals surface area contributed by atoms with Crippen LogP contribution in [0.4, 0.5) is 0 Å². The smallest absolute Gasteiger partial charge is 0.435 e. The first-order valence-electron chi connectivity index (χ1n) is 5.34. The highest BCUT2D eigenvalue weighted by Gasteiger charge is 2.30. The first kappa shape index (κ1) is 19.0. The van der Waals surface area contributed by atoms with Crippen molar-refractivity contribution in [1.29, 1.82) is 0 Å². The van der Waals surface area contributed by atoms with Crippen molar-refractivity contribution in [2.24, 2.45) is 0 Å². The third-order valence-electron chi connectivity index (χ3n) is 1.82. The lowest BCUT2D eigenvalue weighted by molar-refractivity contribution is 0.587. The summed E-state index contributed by atoms with van der Waals surface area (Å²) in [6.45, 7) is 10.4. The molecule has 1 aromatic rings. The summed E-state index contributed by atoms with van der Waals surface area (Å²) in [6.07, 6.45) is 0. The molecule has 1 N–H and O–H groups in total. The van der Waals surface area contributed by atoms with E-state index in [4.69, 9.17) is 4.80 Å². The lowest BCUT2D eigenvalue weighted by Gasteiger charge is -2.17. The SMILES string of the molecule is Br.CC(C)(C)c1cc[c]([Mg+2])cc1.C[SiH](C)O. The van der Waals surface area contributed by atoms with Crippen LogP contribution >= 0.6 is 17.0 Å². The van der Waals surface area contributed by atoms with Gasteiger partial charge in [0.2, 0.25) is 0 Å². The molecule has 0 aliphatic carbocycles. The van der Waals surface area contributed by atoms with Crippen LogP contribution in [0.3, 0.4) is 0 Å². The van der Waals surface area contributed by atoms with Gasteiger partial charge in [0.1, 0.15) is 0 Å². The second kappa shape index (κ2) is 8.69. The highest BCUT2D eigenvalue weighted by molar-refractivity contribution is 8.93. The second-order valence-corrected chi connectivity index (χ2v) is 8.04. The molecule has 0 saturated heterocycles. The standard InChI is InChI=1S/C10H13.C2H8OSi.BrH.Mg/c1-10(2,3)9-7-5-4-6-8-9;1-4(2)3;;/h5-8H,1-3H3;3-4H,1-2H3;1H;/q;;;+2. The molecule has 0 aliphatic heterocycles. The molecule has 0 spiro atoms. The Bertz CT molecular complexity index is 277. The molecule has 0 bridgehead atoms. The van der Waals surface area contributed by atoms with Gasteiger partial charge in [0.05, 0.1) is 0 Å². The third kappa shape index (κ3) is 9.84. The highest BCUT2D eigenvalue weighted by atomic mass is 79.9. The Balaban J connectivity index is 0. The molecule has 0 unspecified atom stereocenters. The zero-order valence-corrected chi connectivity index (χ0v) is 15.2. The molecule has 0 amide bonds. The van der Waals surface area contributed by atoms with Crippen LogP contribution in [0.25, 0.3) is 0 Å². The fraction of sp³-hybridized carbons (Fsp3) is 0.500. The minimum Gasteiger partial charge on any atom is -0.435 e. The molecule has 1 aromatic carbocycles. The summed E-state index contributed by atoms with van der Waals surface area (Å²) in [4.78, 5) is 8.19. The second-order valence-electron chi connectivity index (χ2n) is 5.04. The van der Waals surface area contributed by atoms with E-state index in [-0.39, 0.29) is 22.4 Å². The molecule has 0 aromatic heterocycles. The molecule has 1 rings (SSSR count). The van der Waals surface area contributed by atoms with E-state index in [1.54, 1.807) is 0 Å². The van der Waals surface area contributed by atoms with Crippen LogP contribution in [-0.2, 0) is 5.41 Å². The van der Waals surface area contributed by atoms with E-state index in [0.717, 1.165) is 0 Å². The van der Waals surface area contributed by atoms with Gasteiger partial charge in [-0.25, -0.2) is 0 Å². The number of benzene rings is 1. The molecule has 0 heterocycles. The minimum atomic E-state index is -1.14. The van der Waals surface area contributed by atoms with Crippen LogP contribution in [0.5, 0.6) is 0 Å². The van der Waals surface area contributed by atoms with Crippen LogP contribution < -0.4 is 3.69 Å². The maximum absolute atomic E-state index is 8.19. The quantitative estimate of drug-likeness (QED) is 0.729. The van der Waals surface area contributed by atoms with Gasteiger partial charge in [-0.1, -0.05) is 32.9 Å².